The molecule has 0 fully saturated rings. The summed E-state index contributed by atoms with van der Waals surface area (Å²) in [7, 11) is 1.76. The first-order chi connectivity index (χ1) is 8.84. The number of imidazole rings is 1. The van der Waals surface area contributed by atoms with Gasteiger partial charge in [0, 0.05) is 18.3 Å². The van der Waals surface area contributed by atoms with Crippen LogP contribution in [0.2, 0.25) is 0 Å². The molecule has 3 nitrogen and oxygen atoms in total. The molecule has 0 unspecified atom stereocenters. The van der Waals surface area contributed by atoms with E-state index in [1.54, 1.807) is 18.5 Å². The average molecular weight is 270 g/mol. The summed E-state index contributed by atoms with van der Waals surface area (Å²) in [5, 5.41) is 9.13. The highest BCUT2D eigenvalue weighted by molar-refractivity contribution is 5.57. The zero-order valence-corrected chi connectivity index (χ0v) is 10.5. The molecule has 0 aliphatic rings. The maximum absolute atomic E-state index is 12.5. The predicted octanol–water partition coefficient (Wildman–Crippen LogP) is 2.91. The van der Waals surface area contributed by atoms with Crippen molar-refractivity contribution < 1.29 is 18.3 Å². The van der Waals surface area contributed by atoms with Crippen molar-refractivity contribution in [2.45, 2.75) is 19.7 Å². The van der Waals surface area contributed by atoms with E-state index in [0.29, 0.717) is 17.1 Å². The van der Waals surface area contributed by atoms with Crippen molar-refractivity contribution in [1.82, 2.24) is 9.55 Å². The van der Waals surface area contributed by atoms with E-state index in [1.165, 1.54) is 12.1 Å². The summed E-state index contributed by atoms with van der Waals surface area (Å²) in [6, 6.07) is 4.81. The molecule has 0 radical (unpaired) electrons. The number of aromatic nitrogens is 2. The third-order valence-electron chi connectivity index (χ3n) is 3.10. The molecule has 1 N–H and O–H groups in total. The van der Waals surface area contributed by atoms with E-state index in [4.69, 9.17) is 5.11 Å². The number of nitrogens with zero attached hydrogens (tertiary/aromatic N) is 2. The third kappa shape index (κ3) is 2.49. The summed E-state index contributed by atoms with van der Waals surface area (Å²) in [6.45, 7) is 1.60. The monoisotopic (exact) mass is 270 g/mol. The Kier molecular flexibility index (Phi) is 3.36. The van der Waals surface area contributed by atoms with Gasteiger partial charge in [-0.3, -0.25) is 0 Å². The van der Waals surface area contributed by atoms with Crippen LogP contribution in [-0.2, 0) is 19.8 Å². The van der Waals surface area contributed by atoms with Crippen LogP contribution in [0.25, 0.3) is 11.4 Å². The maximum Gasteiger partial charge on any atom is 0.416 e. The van der Waals surface area contributed by atoms with Gasteiger partial charge in [0.05, 0.1) is 17.9 Å². The second-order valence-electron chi connectivity index (χ2n) is 4.26. The first-order valence-corrected chi connectivity index (χ1v) is 5.65. The quantitative estimate of drug-likeness (QED) is 0.911. The molecule has 1 aromatic heterocycles. The molecule has 6 heteroatoms. The SMILES string of the molecule is Cc1c(CO)nc(-c2ccc(C(F)(F)F)cc2)n1C. The number of aliphatic hydroxyl groups is 1. The van der Waals surface area contributed by atoms with Gasteiger partial charge in [0.25, 0.3) is 0 Å². The van der Waals surface area contributed by atoms with E-state index in [2.05, 4.69) is 4.98 Å². The van der Waals surface area contributed by atoms with Gasteiger partial charge in [-0.2, -0.15) is 13.2 Å². The van der Waals surface area contributed by atoms with E-state index >= 15 is 0 Å². The zero-order chi connectivity index (χ0) is 14.2. The van der Waals surface area contributed by atoms with E-state index in [-0.39, 0.29) is 6.61 Å². The second-order valence-corrected chi connectivity index (χ2v) is 4.26. The molecule has 0 amide bonds. The number of hydrogen-bond acceptors (Lipinski definition) is 2. The fourth-order valence-electron chi connectivity index (χ4n) is 1.85. The van der Waals surface area contributed by atoms with E-state index in [1.807, 2.05) is 0 Å². The molecule has 0 bridgehead atoms. The molecule has 2 rings (SSSR count). The highest BCUT2D eigenvalue weighted by Gasteiger charge is 2.30. The molecule has 1 heterocycles. The fourth-order valence-corrected chi connectivity index (χ4v) is 1.85. The number of rotatable bonds is 2. The minimum absolute atomic E-state index is 0.194. The summed E-state index contributed by atoms with van der Waals surface area (Å²) in [6.07, 6.45) is -4.34. The lowest BCUT2D eigenvalue weighted by molar-refractivity contribution is -0.137. The topological polar surface area (TPSA) is 38.1 Å². The van der Waals surface area contributed by atoms with Gasteiger partial charge < -0.3 is 9.67 Å². The second kappa shape index (κ2) is 4.70. The van der Waals surface area contributed by atoms with Crippen molar-refractivity contribution in [2.75, 3.05) is 0 Å². The van der Waals surface area contributed by atoms with Crippen LogP contribution in [0.5, 0.6) is 0 Å². The molecule has 102 valence electrons. The lowest BCUT2D eigenvalue weighted by atomic mass is 10.1. The highest BCUT2D eigenvalue weighted by Crippen LogP contribution is 2.31. The minimum atomic E-state index is -4.34. The fraction of sp³-hybridized carbons (Fsp3) is 0.308. The van der Waals surface area contributed by atoms with E-state index < -0.39 is 11.7 Å². The zero-order valence-electron chi connectivity index (χ0n) is 10.5. The van der Waals surface area contributed by atoms with Crippen molar-refractivity contribution in [2.24, 2.45) is 7.05 Å². The Morgan fingerprint density at radius 3 is 2.21 bits per heavy atom. The Morgan fingerprint density at radius 2 is 1.79 bits per heavy atom. The van der Waals surface area contributed by atoms with Crippen LogP contribution in [0.1, 0.15) is 17.0 Å². The molecule has 2 aromatic rings. The predicted molar refractivity (Wildman–Crippen MR) is 64.3 cm³/mol. The van der Waals surface area contributed by atoms with Gasteiger partial charge in [-0.25, -0.2) is 4.98 Å². The van der Waals surface area contributed by atoms with Gasteiger partial charge in [-0.15, -0.1) is 0 Å². The van der Waals surface area contributed by atoms with Gasteiger partial charge >= 0.3 is 6.18 Å². The Balaban J connectivity index is 2.43. The van der Waals surface area contributed by atoms with Crippen molar-refractivity contribution in [3.8, 4) is 11.4 Å². The average Bonchev–Trinajstić information content (AvgIpc) is 2.65. The van der Waals surface area contributed by atoms with Crippen molar-refractivity contribution in [1.29, 1.82) is 0 Å². The molecule has 0 aliphatic heterocycles. The van der Waals surface area contributed by atoms with Crippen LogP contribution in [0, 0.1) is 6.92 Å². The lowest BCUT2D eigenvalue weighted by Crippen LogP contribution is -2.04. The molecule has 0 saturated heterocycles. The highest BCUT2D eigenvalue weighted by atomic mass is 19.4. The van der Waals surface area contributed by atoms with Crippen LogP contribution in [0.15, 0.2) is 24.3 Å². The van der Waals surface area contributed by atoms with Gasteiger partial charge in [-0.1, -0.05) is 12.1 Å². The van der Waals surface area contributed by atoms with Crippen LogP contribution in [0.3, 0.4) is 0 Å². The smallest absolute Gasteiger partial charge is 0.390 e. The Hall–Kier alpha value is -1.82. The molecule has 0 aliphatic carbocycles. The van der Waals surface area contributed by atoms with Crippen LogP contribution < -0.4 is 0 Å². The number of benzene rings is 1. The van der Waals surface area contributed by atoms with Gasteiger partial charge in [0.2, 0.25) is 0 Å². The van der Waals surface area contributed by atoms with Crippen LogP contribution in [0.4, 0.5) is 13.2 Å². The lowest BCUT2D eigenvalue weighted by Gasteiger charge is -2.08. The summed E-state index contributed by atoms with van der Waals surface area (Å²) >= 11 is 0. The summed E-state index contributed by atoms with van der Waals surface area (Å²) in [5.74, 6) is 0.537. The normalized spacial score (nSPS) is 11.9. The van der Waals surface area contributed by atoms with Crippen LogP contribution >= 0.6 is 0 Å². The summed E-state index contributed by atoms with van der Waals surface area (Å²) in [5.41, 5.74) is 1.21. The van der Waals surface area contributed by atoms with Crippen molar-refractivity contribution in [3.05, 3.63) is 41.2 Å². The van der Waals surface area contributed by atoms with Gasteiger partial charge in [-0.05, 0) is 19.1 Å². The standard InChI is InChI=1S/C13H13F3N2O/c1-8-11(7-19)17-12(18(8)2)9-3-5-10(6-4-9)13(14,15)16/h3-6,19H,7H2,1-2H3. The minimum Gasteiger partial charge on any atom is -0.390 e. The molecule has 0 spiro atoms. The Morgan fingerprint density at radius 1 is 1.21 bits per heavy atom. The Labute approximate surface area is 108 Å². The van der Waals surface area contributed by atoms with Gasteiger partial charge in [0.1, 0.15) is 5.82 Å². The van der Waals surface area contributed by atoms with Gasteiger partial charge in [0.15, 0.2) is 0 Å². The van der Waals surface area contributed by atoms with E-state index in [9.17, 15) is 13.2 Å². The number of hydrogen-bond donors (Lipinski definition) is 1. The van der Waals surface area contributed by atoms with Crippen molar-refractivity contribution >= 4 is 0 Å². The molecule has 1 aromatic carbocycles. The molecular formula is C13H13F3N2O. The third-order valence-corrected chi connectivity index (χ3v) is 3.10. The summed E-state index contributed by atoms with van der Waals surface area (Å²) < 4.78 is 39.2. The largest absolute Gasteiger partial charge is 0.416 e. The first-order valence-electron chi connectivity index (χ1n) is 5.65. The van der Waals surface area contributed by atoms with Crippen LogP contribution in [-0.4, -0.2) is 14.7 Å². The molecule has 19 heavy (non-hydrogen) atoms. The number of halogens is 3. The van der Waals surface area contributed by atoms with E-state index in [0.717, 1.165) is 17.8 Å². The molecular weight excluding hydrogens is 257 g/mol. The molecule has 0 atom stereocenters. The first kappa shape index (κ1) is 13.6. The summed E-state index contributed by atoms with van der Waals surface area (Å²) in [4.78, 5) is 4.22. The van der Waals surface area contributed by atoms with Crippen molar-refractivity contribution in [3.63, 3.8) is 0 Å². The number of alkyl halides is 3. The Bertz CT molecular complexity index is 585. The maximum atomic E-state index is 12.5. The number of aliphatic hydroxyl groups excluding tert-OH is 1. The molecule has 0 saturated carbocycles.